The lowest BCUT2D eigenvalue weighted by molar-refractivity contribution is 0.0593. The first-order chi connectivity index (χ1) is 6.92. The van der Waals surface area contributed by atoms with E-state index in [9.17, 15) is 4.79 Å². The topological polar surface area (TPSA) is 44.1 Å². The molecule has 0 fully saturated rings. The summed E-state index contributed by atoms with van der Waals surface area (Å²) in [5.41, 5.74) is 1.29. The molecular weight excluding hydrogens is 260 g/mol. The third kappa shape index (κ3) is 2.40. The summed E-state index contributed by atoms with van der Waals surface area (Å²) in [6.07, 6.45) is 0. The van der Waals surface area contributed by atoms with E-state index in [1.165, 1.54) is 7.11 Å². The zero-order chi connectivity index (χ0) is 11.6. The first-order valence-electron chi connectivity index (χ1n) is 4.61. The highest BCUT2D eigenvalue weighted by Crippen LogP contribution is 2.25. The van der Waals surface area contributed by atoms with Crippen LogP contribution in [0.2, 0.25) is 0 Å². The van der Waals surface area contributed by atoms with Gasteiger partial charge >= 0.3 is 5.97 Å². The van der Waals surface area contributed by atoms with Crippen molar-refractivity contribution in [3.63, 3.8) is 0 Å². The van der Waals surface area contributed by atoms with Crippen molar-refractivity contribution in [3.8, 4) is 0 Å². The van der Waals surface area contributed by atoms with E-state index >= 15 is 0 Å². The van der Waals surface area contributed by atoms with Crippen molar-refractivity contribution in [2.75, 3.05) is 12.4 Å². The molecule has 0 saturated carbocycles. The fourth-order valence-corrected chi connectivity index (χ4v) is 1.66. The lowest BCUT2D eigenvalue weighted by Crippen LogP contribution is -2.22. The van der Waals surface area contributed by atoms with Crippen LogP contribution in [0.25, 0.3) is 0 Å². The number of aryl methyl sites for hydroxylation is 1. The van der Waals surface area contributed by atoms with Gasteiger partial charge in [0.05, 0.1) is 7.11 Å². The molecule has 0 saturated heterocycles. The zero-order valence-corrected chi connectivity index (χ0v) is 11.0. The number of hydrogen-bond acceptors (Lipinski definition) is 3. The van der Waals surface area contributed by atoms with Gasteiger partial charge in [0.2, 0.25) is 0 Å². The highest BCUT2D eigenvalue weighted by molar-refractivity contribution is 9.09. The molecule has 0 amide bonds. The second-order valence-electron chi connectivity index (χ2n) is 4.05. The molecular formula is C10H15BrN2O2. The number of aromatic nitrogens is 2. The maximum absolute atomic E-state index is 11.3. The normalized spacial score (nSPS) is 11.5. The van der Waals surface area contributed by atoms with E-state index in [0.717, 1.165) is 11.0 Å². The van der Waals surface area contributed by atoms with Crippen LogP contribution >= 0.6 is 15.9 Å². The molecule has 84 valence electrons. The molecule has 1 rings (SSSR count). The van der Waals surface area contributed by atoms with Crippen LogP contribution in [0.5, 0.6) is 0 Å². The predicted octanol–water partition coefficient (Wildman–Crippen LogP) is 1.88. The molecule has 0 aromatic carbocycles. The molecule has 0 radical (unpaired) electrons. The molecule has 0 N–H and O–H groups in total. The predicted molar refractivity (Wildman–Crippen MR) is 61.4 cm³/mol. The number of nitrogens with zero attached hydrogens (tertiary/aromatic N) is 2. The minimum Gasteiger partial charge on any atom is -0.464 e. The van der Waals surface area contributed by atoms with Crippen molar-refractivity contribution < 1.29 is 9.53 Å². The average Bonchev–Trinajstić information content (AvgIpc) is 2.60. The molecule has 1 aromatic heterocycles. The van der Waals surface area contributed by atoms with E-state index in [2.05, 4.69) is 39.6 Å². The summed E-state index contributed by atoms with van der Waals surface area (Å²) < 4.78 is 6.34. The van der Waals surface area contributed by atoms with E-state index in [1.807, 2.05) is 7.05 Å². The van der Waals surface area contributed by atoms with Crippen molar-refractivity contribution in [2.45, 2.75) is 19.3 Å². The van der Waals surface area contributed by atoms with Gasteiger partial charge in [0.1, 0.15) is 0 Å². The van der Waals surface area contributed by atoms with Crippen LogP contribution in [0.1, 0.15) is 30.0 Å². The molecule has 1 heterocycles. The Morgan fingerprint density at radius 1 is 1.67 bits per heavy atom. The summed E-state index contributed by atoms with van der Waals surface area (Å²) in [7, 11) is 3.18. The number of rotatable bonds is 3. The smallest absolute Gasteiger partial charge is 0.358 e. The molecule has 0 spiro atoms. The third-order valence-electron chi connectivity index (χ3n) is 2.30. The van der Waals surface area contributed by atoms with Crippen LogP contribution in [0.4, 0.5) is 0 Å². The van der Waals surface area contributed by atoms with Gasteiger partial charge in [-0.05, 0) is 6.07 Å². The second kappa shape index (κ2) is 4.35. The van der Waals surface area contributed by atoms with Crippen molar-refractivity contribution >= 4 is 21.9 Å². The van der Waals surface area contributed by atoms with Gasteiger partial charge in [0.15, 0.2) is 5.69 Å². The molecule has 0 atom stereocenters. The van der Waals surface area contributed by atoms with Crippen molar-refractivity contribution in [2.24, 2.45) is 7.05 Å². The highest BCUT2D eigenvalue weighted by Gasteiger charge is 2.25. The highest BCUT2D eigenvalue weighted by atomic mass is 79.9. The average molecular weight is 275 g/mol. The van der Waals surface area contributed by atoms with Gasteiger partial charge < -0.3 is 4.74 Å². The quantitative estimate of drug-likeness (QED) is 0.625. The van der Waals surface area contributed by atoms with Crippen LogP contribution in [-0.2, 0) is 17.2 Å². The summed E-state index contributed by atoms with van der Waals surface area (Å²) in [5.74, 6) is -0.401. The third-order valence-corrected chi connectivity index (χ3v) is 3.70. The lowest BCUT2D eigenvalue weighted by atomic mass is 9.92. The van der Waals surface area contributed by atoms with Crippen molar-refractivity contribution in [3.05, 3.63) is 17.5 Å². The number of alkyl halides is 1. The summed E-state index contributed by atoms with van der Waals surface area (Å²) in [5, 5.41) is 4.92. The van der Waals surface area contributed by atoms with Gasteiger partial charge in [-0.2, -0.15) is 5.10 Å². The number of methoxy groups -OCH3 is 1. The molecule has 0 aliphatic rings. The summed E-state index contributed by atoms with van der Waals surface area (Å²) in [4.78, 5) is 11.3. The van der Waals surface area contributed by atoms with Gasteiger partial charge in [-0.15, -0.1) is 0 Å². The van der Waals surface area contributed by atoms with Gasteiger partial charge in [-0.25, -0.2) is 4.79 Å². The fourth-order valence-electron chi connectivity index (χ4n) is 1.37. The number of hydrogen-bond donors (Lipinski definition) is 0. The van der Waals surface area contributed by atoms with Crippen LogP contribution in [0, 0.1) is 0 Å². The monoisotopic (exact) mass is 274 g/mol. The van der Waals surface area contributed by atoms with Gasteiger partial charge in [0, 0.05) is 23.5 Å². The largest absolute Gasteiger partial charge is 0.464 e. The zero-order valence-electron chi connectivity index (χ0n) is 9.37. The van der Waals surface area contributed by atoms with Crippen molar-refractivity contribution in [1.29, 1.82) is 0 Å². The van der Waals surface area contributed by atoms with Gasteiger partial charge in [-0.3, -0.25) is 4.68 Å². The molecule has 0 unspecified atom stereocenters. The Morgan fingerprint density at radius 3 is 2.73 bits per heavy atom. The lowest BCUT2D eigenvalue weighted by Gasteiger charge is -2.21. The Hall–Kier alpha value is -0.840. The first-order valence-corrected chi connectivity index (χ1v) is 5.73. The number of esters is 1. The van der Waals surface area contributed by atoms with Crippen LogP contribution in [-0.4, -0.2) is 28.2 Å². The van der Waals surface area contributed by atoms with Gasteiger partial charge in [0.25, 0.3) is 0 Å². The van der Waals surface area contributed by atoms with Crippen LogP contribution < -0.4 is 0 Å². The Labute approximate surface area is 97.7 Å². The molecule has 5 heteroatoms. The standard InChI is InChI=1S/C10H15BrN2O2/c1-10(2,6-11)8-5-7(9(14)15-4)12-13(8)3/h5H,6H2,1-4H3. The van der Waals surface area contributed by atoms with E-state index in [1.54, 1.807) is 10.7 Å². The summed E-state index contributed by atoms with van der Waals surface area (Å²) in [6, 6.07) is 1.77. The van der Waals surface area contributed by atoms with E-state index in [-0.39, 0.29) is 5.41 Å². The molecule has 0 aliphatic carbocycles. The van der Waals surface area contributed by atoms with Crippen molar-refractivity contribution in [1.82, 2.24) is 9.78 Å². The van der Waals surface area contributed by atoms with Crippen LogP contribution in [0.3, 0.4) is 0 Å². The molecule has 0 bridgehead atoms. The first kappa shape index (κ1) is 12.2. The maximum Gasteiger partial charge on any atom is 0.358 e. The Bertz CT molecular complexity index is 371. The minimum absolute atomic E-state index is 0.0615. The number of ether oxygens (including phenoxy) is 1. The molecule has 1 aromatic rings. The number of halogens is 1. The summed E-state index contributed by atoms with van der Waals surface area (Å²) in [6.45, 7) is 4.17. The summed E-state index contributed by atoms with van der Waals surface area (Å²) >= 11 is 3.45. The number of carbonyl (C=O) groups is 1. The van der Waals surface area contributed by atoms with E-state index in [4.69, 9.17) is 0 Å². The second-order valence-corrected chi connectivity index (χ2v) is 4.61. The Morgan fingerprint density at radius 2 is 2.27 bits per heavy atom. The maximum atomic E-state index is 11.3. The number of carbonyl (C=O) groups excluding carboxylic acids is 1. The van der Waals surface area contributed by atoms with Gasteiger partial charge in [-0.1, -0.05) is 29.8 Å². The Balaban J connectivity index is 3.12. The van der Waals surface area contributed by atoms with E-state index in [0.29, 0.717) is 5.69 Å². The Kier molecular flexibility index (Phi) is 3.54. The van der Waals surface area contributed by atoms with E-state index < -0.39 is 5.97 Å². The molecule has 15 heavy (non-hydrogen) atoms. The molecule has 0 aliphatic heterocycles. The van der Waals surface area contributed by atoms with Crippen LogP contribution in [0.15, 0.2) is 6.07 Å². The fraction of sp³-hybridized carbons (Fsp3) is 0.600. The minimum atomic E-state index is -0.401. The SMILES string of the molecule is COC(=O)c1cc(C(C)(C)CBr)n(C)n1. The molecule has 4 nitrogen and oxygen atoms in total.